The van der Waals surface area contributed by atoms with Gasteiger partial charge in [-0.15, -0.1) is 0 Å². The van der Waals surface area contributed by atoms with Crippen LogP contribution >= 0.6 is 7.14 Å². The highest BCUT2D eigenvalue weighted by Gasteiger charge is 2.42. The number of hydrogen-bond donors (Lipinski definition) is 1. The highest BCUT2D eigenvalue weighted by molar-refractivity contribution is 7.79. The number of aliphatic hydroxyl groups excluding tert-OH is 1. The second-order valence-electron chi connectivity index (χ2n) is 10.7. The van der Waals surface area contributed by atoms with Crippen LogP contribution in [-0.2, 0) is 24.1 Å². The Labute approximate surface area is 244 Å². The third-order valence-electron chi connectivity index (χ3n) is 7.96. The Hall–Kier alpha value is -3.75. The molecule has 0 radical (unpaired) electrons. The summed E-state index contributed by atoms with van der Waals surface area (Å²) in [5.74, 6) is 0. The Morgan fingerprint density at radius 2 is 0.902 bits per heavy atom. The van der Waals surface area contributed by atoms with E-state index in [4.69, 9.17) is 0 Å². The van der Waals surface area contributed by atoms with Crippen molar-refractivity contribution >= 4 is 17.8 Å². The van der Waals surface area contributed by atoms with E-state index in [1.807, 2.05) is 97.9 Å². The van der Waals surface area contributed by atoms with E-state index < -0.39 is 18.9 Å². The highest BCUT2D eigenvalue weighted by atomic mass is 31.2. The van der Waals surface area contributed by atoms with Gasteiger partial charge in [-0.1, -0.05) is 159 Å². The standard InChI is InChI=1S/C37H38NO2P/c1-30(41(40,34-23-13-5-14-24-34)35-25-15-6-16-26-35)37(39)36(27-31-17-7-2-8-18-31)38(28-32-19-9-3-10-20-32)29-33-21-11-4-12-22-33/h2-26,30,36-37,39H,27-29H2,1H3/t30-,36+,37+/m1/s1. The van der Waals surface area contributed by atoms with E-state index in [0.717, 1.165) is 16.2 Å². The summed E-state index contributed by atoms with van der Waals surface area (Å²) in [7, 11) is -3.21. The van der Waals surface area contributed by atoms with E-state index in [9.17, 15) is 5.11 Å². The smallest absolute Gasteiger partial charge is 0.148 e. The van der Waals surface area contributed by atoms with Gasteiger partial charge in [-0.25, -0.2) is 0 Å². The molecule has 0 amide bonds. The molecule has 0 aliphatic carbocycles. The van der Waals surface area contributed by atoms with Crippen molar-refractivity contribution in [1.82, 2.24) is 4.90 Å². The first kappa shape index (κ1) is 28.8. The van der Waals surface area contributed by atoms with Gasteiger partial charge in [-0.3, -0.25) is 4.90 Å². The van der Waals surface area contributed by atoms with Crippen molar-refractivity contribution in [3.8, 4) is 0 Å². The Morgan fingerprint density at radius 3 is 1.29 bits per heavy atom. The predicted molar refractivity (Wildman–Crippen MR) is 171 cm³/mol. The van der Waals surface area contributed by atoms with Crippen molar-refractivity contribution in [1.29, 1.82) is 0 Å². The van der Waals surface area contributed by atoms with E-state index in [0.29, 0.717) is 19.5 Å². The van der Waals surface area contributed by atoms with E-state index in [-0.39, 0.29) is 6.04 Å². The molecule has 0 bridgehead atoms. The molecule has 0 saturated heterocycles. The highest BCUT2D eigenvalue weighted by Crippen LogP contribution is 2.50. The Bertz CT molecular complexity index is 1430. The molecule has 0 spiro atoms. The Morgan fingerprint density at radius 1 is 0.561 bits per heavy atom. The number of hydrogen-bond acceptors (Lipinski definition) is 3. The summed E-state index contributed by atoms with van der Waals surface area (Å²) in [6.45, 7) is 3.29. The third kappa shape index (κ3) is 6.94. The molecule has 0 saturated carbocycles. The van der Waals surface area contributed by atoms with E-state index in [2.05, 4.69) is 65.6 Å². The Balaban J connectivity index is 1.59. The first-order valence-electron chi connectivity index (χ1n) is 14.3. The molecular formula is C37H38NO2P. The first-order chi connectivity index (χ1) is 20.1. The molecule has 0 aliphatic rings. The molecule has 0 aliphatic heterocycles. The number of aliphatic hydroxyl groups is 1. The summed E-state index contributed by atoms with van der Waals surface area (Å²) in [6.07, 6.45) is -0.232. The van der Waals surface area contributed by atoms with Crippen LogP contribution in [0.2, 0.25) is 0 Å². The average molecular weight is 560 g/mol. The van der Waals surface area contributed by atoms with Gasteiger partial charge < -0.3 is 9.67 Å². The quantitative estimate of drug-likeness (QED) is 0.166. The monoisotopic (exact) mass is 559 g/mol. The zero-order valence-corrected chi connectivity index (χ0v) is 24.4. The van der Waals surface area contributed by atoms with E-state index in [1.54, 1.807) is 0 Å². The van der Waals surface area contributed by atoms with E-state index in [1.165, 1.54) is 11.1 Å². The van der Waals surface area contributed by atoms with Crippen LogP contribution in [0.5, 0.6) is 0 Å². The van der Waals surface area contributed by atoms with Crippen LogP contribution in [0.1, 0.15) is 23.6 Å². The summed E-state index contributed by atoms with van der Waals surface area (Å²) in [4.78, 5) is 2.36. The van der Waals surface area contributed by atoms with Crippen LogP contribution in [-0.4, -0.2) is 27.8 Å². The number of rotatable bonds is 12. The topological polar surface area (TPSA) is 40.5 Å². The maximum Gasteiger partial charge on any atom is 0.148 e. The minimum Gasteiger partial charge on any atom is -0.391 e. The van der Waals surface area contributed by atoms with Crippen molar-refractivity contribution in [2.75, 3.05) is 0 Å². The maximum atomic E-state index is 15.3. The van der Waals surface area contributed by atoms with Crippen molar-refractivity contribution in [2.45, 2.75) is 44.2 Å². The molecule has 0 heterocycles. The SMILES string of the molecule is C[C@H]([C@H](O)[C@H](Cc1ccccc1)N(Cc1ccccc1)Cc1ccccc1)P(=O)(c1ccccc1)c1ccccc1. The van der Waals surface area contributed by atoms with Gasteiger partial charge in [0.1, 0.15) is 7.14 Å². The van der Waals surface area contributed by atoms with Crippen LogP contribution in [0.25, 0.3) is 0 Å². The first-order valence-corrected chi connectivity index (χ1v) is 16.1. The van der Waals surface area contributed by atoms with Crippen LogP contribution in [0.4, 0.5) is 0 Å². The van der Waals surface area contributed by atoms with Crippen molar-refractivity contribution in [3.05, 3.63) is 168 Å². The second kappa shape index (κ2) is 13.7. The van der Waals surface area contributed by atoms with Gasteiger partial charge in [0.2, 0.25) is 0 Å². The second-order valence-corrected chi connectivity index (χ2v) is 13.9. The minimum absolute atomic E-state index is 0.284. The van der Waals surface area contributed by atoms with Crippen molar-refractivity contribution in [2.24, 2.45) is 0 Å². The molecule has 4 heteroatoms. The summed E-state index contributed by atoms with van der Waals surface area (Å²) in [5, 5.41) is 14.0. The van der Waals surface area contributed by atoms with Gasteiger partial charge in [-0.2, -0.15) is 0 Å². The zero-order chi connectivity index (χ0) is 28.5. The molecule has 3 nitrogen and oxygen atoms in total. The Kier molecular flexibility index (Phi) is 9.64. The van der Waals surface area contributed by atoms with Gasteiger partial charge >= 0.3 is 0 Å². The van der Waals surface area contributed by atoms with Crippen molar-refractivity contribution < 1.29 is 9.67 Å². The molecule has 5 aromatic carbocycles. The lowest BCUT2D eigenvalue weighted by Gasteiger charge is -2.40. The van der Waals surface area contributed by atoms with Crippen LogP contribution in [0.15, 0.2) is 152 Å². The number of nitrogens with zero attached hydrogens (tertiary/aromatic N) is 1. The van der Waals surface area contributed by atoms with Crippen LogP contribution in [0.3, 0.4) is 0 Å². The lowest BCUT2D eigenvalue weighted by molar-refractivity contribution is 0.0389. The molecule has 0 fully saturated rings. The van der Waals surface area contributed by atoms with E-state index >= 15 is 4.57 Å². The van der Waals surface area contributed by atoms with Gasteiger partial charge in [0.05, 0.1) is 6.10 Å². The fourth-order valence-electron chi connectivity index (χ4n) is 5.70. The summed E-state index contributed by atoms with van der Waals surface area (Å²) in [6, 6.07) is 50.2. The van der Waals surface area contributed by atoms with Gasteiger partial charge in [0, 0.05) is 35.4 Å². The molecule has 41 heavy (non-hydrogen) atoms. The lowest BCUT2D eigenvalue weighted by Crippen LogP contribution is -2.50. The average Bonchev–Trinajstić information content (AvgIpc) is 3.04. The van der Waals surface area contributed by atoms with Crippen LogP contribution < -0.4 is 10.6 Å². The molecular weight excluding hydrogens is 521 g/mol. The fourth-order valence-corrected chi connectivity index (χ4v) is 8.80. The summed E-state index contributed by atoms with van der Waals surface area (Å²) < 4.78 is 15.3. The zero-order valence-electron chi connectivity index (χ0n) is 23.5. The molecule has 1 N–H and O–H groups in total. The van der Waals surface area contributed by atoms with Crippen LogP contribution in [0, 0.1) is 0 Å². The third-order valence-corrected chi connectivity index (χ3v) is 11.5. The summed E-state index contributed by atoms with van der Waals surface area (Å²) >= 11 is 0. The van der Waals surface area contributed by atoms with Gasteiger partial charge in [-0.05, 0) is 23.1 Å². The minimum atomic E-state index is -3.21. The molecule has 5 rings (SSSR count). The maximum absolute atomic E-state index is 15.3. The normalized spacial score (nSPS) is 13.9. The fraction of sp³-hybridized carbons (Fsp3) is 0.189. The number of benzene rings is 5. The molecule has 0 unspecified atom stereocenters. The largest absolute Gasteiger partial charge is 0.391 e. The molecule has 208 valence electrons. The predicted octanol–water partition coefficient (Wildman–Crippen LogP) is 7.06. The summed E-state index contributed by atoms with van der Waals surface area (Å²) in [5.41, 5.74) is 2.98. The molecule has 5 aromatic rings. The lowest BCUT2D eigenvalue weighted by atomic mass is 9.96. The van der Waals surface area contributed by atoms with Gasteiger partial charge in [0.25, 0.3) is 0 Å². The molecule has 0 aromatic heterocycles. The molecule has 3 atom stereocenters. The van der Waals surface area contributed by atoms with Crippen molar-refractivity contribution in [3.63, 3.8) is 0 Å². The van der Waals surface area contributed by atoms with Gasteiger partial charge in [0.15, 0.2) is 0 Å².